The van der Waals surface area contributed by atoms with Gasteiger partial charge in [-0.05, 0) is 31.5 Å². The standard InChI is InChI=1S/C12H17NO2/c1-3-13(4-2)11-7-5-6-10(8-11)9-12(14)15/h5-8H,3-4,9H2,1-2H3,(H,14,15). The quantitative estimate of drug-likeness (QED) is 0.804. The molecule has 0 saturated heterocycles. The molecular weight excluding hydrogens is 190 g/mol. The Morgan fingerprint density at radius 1 is 1.33 bits per heavy atom. The lowest BCUT2D eigenvalue weighted by molar-refractivity contribution is -0.136. The third kappa shape index (κ3) is 3.27. The van der Waals surface area contributed by atoms with Gasteiger partial charge in [-0.25, -0.2) is 0 Å². The van der Waals surface area contributed by atoms with Gasteiger partial charge >= 0.3 is 5.97 Å². The molecule has 0 heterocycles. The SMILES string of the molecule is CCN(CC)c1cccc(CC(=O)O)c1. The second kappa shape index (κ2) is 5.39. The predicted molar refractivity (Wildman–Crippen MR) is 61.3 cm³/mol. The van der Waals surface area contributed by atoms with Crippen LogP contribution in [0.3, 0.4) is 0 Å². The average Bonchev–Trinajstić information content (AvgIpc) is 2.19. The number of rotatable bonds is 5. The molecule has 0 amide bonds. The van der Waals surface area contributed by atoms with E-state index in [0.717, 1.165) is 24.3 Å². The first-order chi connectivity index (χ1) is 7.17. The molecule has 1 rings (SSSR count). The van der Waals surface area contributed by atoms with Crippen LogP contribution >= 0.6 is 0 Å². The first kappa shape index (κ1) is 11.6. The van der Waals surface area contributed by atoms with Crippen LogP contribution in [0.2, 0.25) is 0 Å². The molecule has 1 aromatic rings. The molecule has 0 aromatic heterocycles. The monoisotopic (exact) mass is 207 g/mol. The summed E-state index contributed by atoms with van der Waals surface area (Å²) in [5.41, 5.74) is 1.95. The fourth-order valence-corrected chi connectivity index (χ4v) is 1.63. The molecule has 1 aromatic carbocycles. The number of anilines is 1. The van der Waals surface area contributed by atoms with Crippen molar-refractivity contribution in [3.63, 3.8) is 0 Å². The van der Waals surface area contributed by atoms with Crippen LogP contribution < -0.4 is 4.90 Å². The third-order valence-electron chi connectivity index (χ3n) is 2.39. The number of benzene rings is 1. The molecule has 0 bridgehead atoms. The van der Waals surface area contributed by atoms with E-state index in [9.17, 15) is 4.79 Å². The summed E-state index contributed by atoms with van der Waals surface area (Å²) >= 11 is 0. The molecule has 0 aliphatic carbocycles. The number of aliphatic carboxylic acids is 1. The van der Waals surface area contributed by atoms with Gasteiger partial charge in [0.2, 0.25) is 0 Å². The van der Waals surface area contributed by atoms with Crippen molar-refractivity contribution in [2.45, 2.75) is 20.3 Å². The second-order valence-electron chi connectivity index (χ2n) is 3.41. The van der Waals surface area contributed by atoms with Crippen molar-refractivity contribution < 1.29 is 9.90 Å². The van der Waals surface area contributed by atoms with Gasteiger partial charge in [0.05, 0.1) is 6.42 Å². The van der Waals surface area contributed by atoms with E-state index < -0.39 is 5.97 Å². The van der Waals surface area contributed by atoms with Crippen LogP contribution in [-0.4, -0.2) is 24.2 Å². The van der Waals surface area contributed by atoms with E-state index in [1.807, 2.05) is 24.3 Å². The lowest BCUT2D eigenvalue weighted by Gasteiger charge is -2.21. The molecule has 0 atom stereocenters. The van der Waals surface area contributed by atoms with E-state index >= 15 is 0 Å². The Morgan fingerprint density at radius 2 is 2.00 bits per heavy atom. The van der Waals surface area contributed by atoms with Crippen LogP contribution in [0, 0.1) is 0 Å². The van der Waals surface area contributed by atoms with Crippen molar-refractivity contribution in [2.24, 2.45) is 0 Å². The number of carboxylic acid groups (broad SMARTS) is 1. The van der Waals surface area contributed by atoms with Gasteiger partial charge in [-0.3, -0.25) is 4.79 Å². The first-order valence-electron chi connectivity index (χ1n) is 5.23. The number of carbonyl (C=O) groups is 1. The van der Waals surface area contributed by atoms with E-state index in [1.165, 1.54) is 0 Å². The van der Waals surface area contributed by atoms with Crippen molar-refractivity contribution in [2.75, 3.05) is 18.0 Å². The number of carboxylic acids is 1. The highest BCUT2D eigenvalue weighted by Crippen LogP contribution is 2.16. The van der Waals surface area contributed by atoms with Crippen LogP contribution in [0.15, 0.2) is 24.3 Å². The highest BCUT2D eigenvalue weighted by Gasteiger charge is 2.04. The van der Waals surface area contributed by atoms with Crippen LogP contribution in [0.5, 0.6) is 0 Å². The molecule has 15 heavy (non-hydrogen) atoms. The molecule has 0 aliphatic heterocycles. The summed E-state index contributed by atoms with van der Waals surface area (Å²) in [6, 6.07) is 7.71. The largest absolute Gasteiger partial charge is 0.481 e. The van der Waals surface area contributed by atoms with E-state index in [4.69, 9.17) is 5.11 Å². The minimum absolute atomic E-state index is 0.0924. The lowest BCUT2D eigenvalue weighted by atomic mass is 10.1. The van der Waals surface area contributed by atoms with Gasteiger partial charge in [0.25, 0.3) is 0 Å². The Balaban J connectivity index is 2.86. The Kier molecular flexibility index (Phi) is 4.16. The molecule has 82 valence electrons. The summed E-state index contributed by atoms with van der Waals surface area (Å²) in [6.07, 6.45) is 0.0924. The number of nitrogens with zero attached hydrogens (tertiary/aromatic N) is 1. The smallest absolute Gasteiger partial charge is 0.307 e. The lowest BCUT2D eigenvalue weighted by Crippen LogP contribution is -2.21. The molecule has 0 fully saturated rings. The zero-order valence-electron chi connectivity index (χ0n) is 9.23. The zero-order chi connectivity index (χ0) is 11.3. The molecule has 0 unspecified atom stereocenters. The van der Waals surface area contributed by atoms with Crippen LogP contribution in [0.25, 0.3) is 0 Å². The van der Waals surface area contributed by atoms with Gasteiger partial charge in [0, 0.05) is 18.8 Å². The van der Waals surface area contributed by atoms with Crippen molar-refractivity contribution in [1.29, 1.82) is 0 Å². The van der Waals surface area contributed by atoms with Crippen molar-refractivity contribution in [3.8, 4) is 0 Å². The highest BCUT2D eigenvalue weighted by molar-refractivity contribution is 5.70. The molecule has 1 N–H and O–H groups in total. The number of hydrogen-bond donors (Lipinski definition) is 1. The summed E-state index contributed by atoms with van der Waals surface area (Å²) in [4.78, 5) is 12.8. The fourth-order valence-electron chi connectivity index (χ4n) is 1.63. The van der Waals surface area contributed by atoms with Crippen LogP contribution in [-0.2, 0) is 11.2 Å². The Hall–Kier alpha value is -1.51. The molecule has 0 aliphatic rings. The topological polar surface area (TPSA) is 40.5 Å². The maximum Gasteiger partial charge on any atom is 0.307 e. The van der Waals surface area contributed by atoms with Gasteiger partial charge in [-0.1, -0.05) is 12.1 Å². The summed E-state index contributed by atoms with van der Waals surface area (Å²) in [7, 11) is 0. The van der Waals surface area contributed by atoms with Gasteiger partial charge < -0.3 is 10.0 Å². The molecule has 3 nitrogen and oxygen atoms in total. The second-order valence-corrected chi connectivity index (χ2v) is 3.41. The summed E-state index contributed by atoms with van der Waals surface area (Å²) in [6.45, 7) is 6.06. The number of hydrogen-bond acceptors (Lipinski definition) is 2. The normalized spacial score (nSPS) is 10.0. The fraction of sp³-hybridized carbons (Fsp3) is 0.417. The Morgan fingerprint density at radius 3 is 2.53 bits per heavy atom. The first-order valence-corrected chi connectivity index (χ1v) is 5.23. The molecule has 0 radical (unpaired) electrons. The van der Waals surface area contributed by atoms with Crippen molar-refractivity contribution >= 4 is 11.7 Å². The summed E-state index contributed by atoms with van der Waals surface area (Å²) in [5.74, 6) is -0.785. The van der Waals surface area contributed by atoms with Gasteiger partial charge in [0.1, 0.15) is 0 Å². The Bertz CT molecular complexity index is 332. The van der Waals surface area contributed by atoms with Crippen molar-refractivity contribution in [3.05, 3.63) is 29.8 Å². The van der Waals surface area contributed by atoms with Crippen molar-refractivity contribution in [1.82, 2.24) is 0 Å². The van der Waals surface area contributed by atoms with E-state index in [1.54, 1.807) is 0 Å². The van der Waals surface area contributed by atoms with Crippen LogP contribution in [0.1, 0.15) is 19.4 Å². The van der Waals surface area contributed by atoms with E-state index in [0.29, 0.717) is 0 Å². The maximum absolute atomic E-state index is 10.6. The molecule has 0 spiro atoms. The summed E-state index contributed by atoms with van der Waals surface area (Å²) in [5, 5.41) is 8.70. The average molecular weight is 207 g/mol. The molecule has 0 saturated carbocycles. The van der Waals surface area contributed by atoms with E-state index in [2.05, 4.69) is 18.7 Å². The molecule has 3 heteroatoms. The molecular formula is C12H17NO2. The maximum atomic E-state index is 10.6. The zero-order valence-corrected chi connectivity index (χ0v) is 9.23. The van der Waals surface area contributed by atoms with Gasteiger partial charge in [0.15, 0.2) is 0 Å². The highest BCUT2D eigenvalue weighted by atomic mass is 16.4. The summed E-state index contributed by atoms with van der Waals surface area (Å²) < 4.78 is 0. The predicted octanol–water partition coefficient (Wildman–Crippen LogP) is 2.16. The van der Waals surface area contributed by atoms with Gasteiger partial charge in [-0.2, -0.15) is 0 Å². The minimum atomic E-state index is -0.785. The minimum Gasteiger partial charge on any atom is -0.481 e. The van der Waals surface area contributed by atoms with Gasteiger partial charge in [-0.15, -0.1) is 0 Å². The Labute approximate surface area is 90.3 Å². The third-order valence-corrected chi connectivity index (χ3v) is 2.39. The van der Waals surface area contributed by atoms with E-state index in [-0.39, 0.29) is 6.42 Å². The van der Waals surface area contributed by atoms with Crippen LogP contribution in [0.4, 0.5) is 5.69 Å².